The van der Waals surface area contributed by atoms with Crippen molar-refractivity contribution in [3.8, 4) is 0 Å². The molecule has 0 amide bonds. The topological polar surface area (TPSA) is 125 Å². The van der Waals surface area contributed by atoms with Crippen molar-refractivity contribution in [2.45, 2.75) is 106 Å². The van der Waals surface area contributed by atoms with E-state index in [1.165, 1.54) is 19.1 Å². The summed E-state index contributed by atoms with van der Waals surface area (Å²) in [6.45, 7) is 17.1. The Kier molecular flexibility index (Phi) is 9.05. The summed E-state index contributed by atoms with van der Waals surface area (Å²) in [5.74, 6) is -2.11. The van der Waals surface area contributed by atoms with E-state index >= 15 is 0 Å². The summed E-state index contributed by atoms with van der Waals surface area (Å²) in [5, 5.41) is 10.9. The molecule has 6 rings (SSSR count). The number of carboxylic acids is 1. The lowest BCUT2D eigenvalue weighted by molar-refractivity contribution is -0.266. The Bertz CT molecular complexity index is 1530. The lowest BCUT2D eigenvalue weighted by Crippen LogP contribution is -2.71. The molecule has 2 bridgehead atoms. The van der Waals surface area contributed by atoms with E-state index in [0.29, 0.717) is 19.6 Å². The number of carbonyl (C=O) groups is 3. The van der Waals surface area contributed by atoms with Crippen molar-refractivity contribution in [3.05, 3.63) is 47.3 Å². The van der Waals surface area contributed by atoms with Gasteiger partial charge in [-0.25, -0.2) is 4.39 Å². The number of ether oxygens (including phenoxy) is 3. The second-order valence-corrected chi connectivity index (χ2v) is 17.5. The van der Waals surface area contributed by atoms with Gasteiger partial charge in [-0.1, -0.05) is 66.2 Å². The van der Waals surface area contributed by atoms with E-state index in [1.54, 1.807) is 12.1 Å². The number of halogens is 1. The Labute approximate surface area is 290 Å². The molecule has 1 aromatic carbocycles. The number of aliphatic carboxylic acids is 1. The Morgan fingerprint density at radius 3 is 2.35 bits per heavy atom. The molecule has 0 spiro atoms. The minimum Gasteiger partial charge on any atom is -0.481 e. The van der Waals surface area contributed by atoms with E-state index in [9.17, 15) is 23.9 Å². The fourth-order valence-electron chi connectivity index (χ4n) is 12.0. The maximum Gasteiger partial charge on any atom is 0.308 e. The van der Waals surface area contributed by atoms with Crippen LogP contribution in [0.3, 0.4) is 0 Å². The Balaban J connectivity index is 1.40. The second-order valence-electron chi connectivity index (χ2n) is 17.5. The number of esters is 1. The van der Waals surface area contributed by atoms with Gasteiger partial charge in [0.15, 0.2) is 5.78 Å². The molecule has 9 heteroatoms. The average molecular weight is 682 g/mol. The molecule has 4 aliphatic carbocycles. The van der Waals surface area contributed by atoms with Gasteiger partial charge < -0.3 is 25.1 Å². The van der Waals surface area contributed by atoms with Crippen LogP contribution >= 0.6 is 0 Å². The first-order valence-corrected chi connectivity index (χ1v) is 18.2. The van der Waals surface area contributed by atoms with Crippen molar-refractivity contribution in [2.75, 3.05) is 19.8 Å². The highest BCUT2D eigenvalue weighted by Crippen LogP contribution is 2.74. The van der Waals surface area contributed by atoms with Crippen molar-refractivity contribution in [2.24, 2.45) is 62.4 Å². The van der Waals surface area contributed by atoms with Gasteiger partial charge in [-0.05, 0) is 90.4 Å². The molecule has 49 heavy (non-hydrogen) atoms. The van der Waals surface area contributed by atoms with E-state index in [-0.39, 0.29) is 41.9 Å². The third-order valence-electron chi connectivity index (χ3n) is 15.0. The summed E-state index contributed by atoms with van der Waals surface area (Å²) in [5.41, 5.74) is 4.97. The van der Waals surface area contributed by atoms with E-state index in [4.69, 9.17) is 19.9 Å². The number of nitrogens with two attached hydrogens (primary N) is 1. The molecule has 3 saturated carbocycles. The quantitative estimate of drug-likeness (QED) is 0.284. The summed E-state index contributed by atoms with van der Waals surface area (Å²) in [6, 6.07) is 5.54. The van der Waals surface area contributed by atoms with Gasteiger partial charge in [0, 0.05) is 23.2 Å². The molecule has 1 heterocycles. The first kappa shape index (κ1) is 36.2. The zero-order valence-corrected chi connectivity index (χ0v) is 30.5. The first-order chi connectivity index (χ1) is 22.9. The predicted molar refractivity (Wildman–Crippen MR) is 183 cm³/mol. The van der Waals surface area contributed by atoms with Crippen molar-refractivity contribution in [1.29, 1.82) is 0 Å². The van der Waals surface area contributed by atoms with Crippen molar-refractivity contribution >= 4 is 17.7 Å². The van der Waals surface area contributed by atoms with Crippen molar-refractivity contribution < 1.29 is 38.1 Å². The number of ketones is 1. The standard InChI is InChI=1S/C40H56FNO7/c1-22(2)23(3)36(5)15-16-38(7)27-13-14-31-37(6)20-47-21-40(31,28(27)17-32(44)39(38,8)33(36)35(45)46)18-30(49-24(4)43)34(37)48-19-29(42)25-9-11-26(41)12-10-25/h9-12,17,22-23,27,29-31,33-34H,13-16,18-21,42H2,1-8H3,(H,45,46)/t23-,27+,29?,30-,31+,33-,34+,36-,37-,38-,39+,40-/m1/s1. The van der Waals surface area contributed by atoms with Crippen LogP contribution in [0.25, 0.3) is 0 Å². The SMILES string of the molecule is CC(=O)O[C@@H]1C[C@]23COC[C@](C)([C@@H]2CC[C@H]2C3=CC(=O)[C@@]3(C)[C@H](C(=O)O)[C@@](C)([C@H](C)C(C)C)CC[C@]23C)[C@H]1OCC(N)c1ccc(F)cc1. The number of hydrogen-bond acceptors (Lipinski definition) is 7. The molecule has 12 atom stereocenters. The molecule has 4 fully saturated rings. The Morgan fingerprint density at radius 1 is 1.06 bits per heavy atom. The molecule has 270 valence electrons. The van der Waals surface area contributed by atoms with Gasteiger partial charge in [-0.3, -0.25) is 14.4 Å². The molecule has 1 unspecified atom stereocenters. The zero-order chi connectivity index (χ0) is 35.9. The molecular formula is C40H56FNO7. The van der Waals surface area contributed by atoms with Crippen LogP contribution < -0.4 is 5.73 Å². The summed E-state index contributed by atoms with van der Waals surface area (Å²) in [7, 11) is 0. The third-order valence-corrected chi connectivity index (χ3v) is 15.0. The van der Waals surface area contributed by atoms with Gasteiger partial charge in [-0.2, -0.15) is 0 Å². The van der Waals surface area contributed by atoms with Crippen LogP contribution in [-0.4, -0.2) is 54.9 Å². The minimum atomic E-state index is -1.09. The van der Waals surface area contributed by atoms with E-state index in [1.807, 2.05) is 13.0 Å². The average Bonchev–Trinajstić information content (AvgIpc) is 3.01. The monoisotopic (exact) mass is 681 g/mol. The van der Waals surface area contributed by atoms with Gasteiger partial charge in [0.25, 0.3) is 0 Å². The van der Waals surface area contributed by atoms with E-state index < -0.39 is 63.2 Å². The highest BCUT2D eigenvalue weighted by atomic mass is 19.1. The summed E-state index contributed by atoms with van der Waals surface area (Å²) >= 11 is 0. The maximum atomic E-state index is 14.8. The Morgan fingerprint density at radius 2 is 1.73 bits per heavy atom. The fraction of sp³-hybridized carbons (Fsp3) is 0.725. The van der Waals surface area contributed by atoms with Gasteiger partial charge in [0.05, 0.1) is 31.8 Å². The molecule has 5 aliphatic rings. The number of carbonyl (C=O) groups excluding carboxylic acids is 2. The summed E-state index contributed by atoms with van der Waals surface area (Å²) in [4.78, 5) is 40.8. The van der Waals surface area contributed by atoms with Gasteiger partial charge in [0.1, 0.15) is 18.0 Å². The molecule has 0 aromatic heterocycles. The van der Waals surface area contributed by atoms with Gasteiger partial charge in [-0.15, -0.1) is 0 Å². The maximum absolute atomic E-state index is 14.8. The number of fused-ring (bicyclic) bond motifs is 3. The largest absolute Gasteiger partial charge is 0.481 e. The summed E-state index contributed by atoms with van der Waals surface area (Å²) in [6.07, 6.45) is 4.31. The predicted octanol–water partition coefficient (Wildman–Crippen LogP) is 6.91. The zero-order valence-electron chi connectivity index (χ0n) is 30.5. The second kappa shape index (κ2) is 12.3. The smallest absolute Gasteiger partial charge is 0.308 e. The van der Waals surface area contributed by atoms with Crippen LogP contribution in [-0.2, 0) is 28.6 Å². The van der Waals surface area contributed by atoms with E-state index in [0.717, 1.165) is 36.8 Å². The number of rotatable bonds is 8. The molecule has 1 saturated heterocycles. The van der Waals surface area contributed by atoms with Crippen LogP contribution in [0.1, 0.15) is 99.1 Å². The van der Waals surface area contributed by atoms with Crippen LogP contribution in [0, 0.1) is 62.5 Å². The van der Waals surface area contributed by atoms with Gasteiger partial charge >= 0.3 is 11.9 Å². The number of benzene rings is 1. The highest BCUT2D eigenvalue weighted by molar-refractivity contribution is 6.00. The normalized spacial score (nSPS) is 42.6. The van der Waals surface area contributed by atoms with Crippen LogP contribution in [0.5, 0.6) is 0 Å². The molecule has 0 radical (unpaired) electrons. The molecule has 8 nitrogen and oxygen atoms in total. The number of allylic oxidation sites excluding steroid dienone is 1. The lowest BCUT2D eigenvalue weighted by Gasteiger charge is -2.70. The molecular weight excluding hydrogens is 625 g/mol. The van der Waals surface area contributed by atoms with Crippen LogP contribution in [0.15, 0.2) is 35.9 Å². The number of hydrogen-bond donors (Lipinski definition) is 2. The van der Waals surface area contributed by atoms with Crippen molar-refractivity contribution in [3.63, 3.8) is 0 Å². The van der Waals surface area contributed by atoms with Crippen molar-refractivity contribution in [1.82, 2.24) is 0 Å². The lowest BCUT2D eigenvalue weighted by atomic mass is 9.34. The van der Waals surface area contributed by atoms with Gasteiger partial charge in [0.2, 0.25) is 0 Å². The Hall–Kier alpha value is -2.62. The molecule has 1 aliphatic heterocycles. The molecule has 1 aromatic rings. The first-order valence-electron chi connectivity index (χ1n) is 18.2. The van der Waals surface area contributed by atoms with Crippen LogP contribution in [0.2, 0.25) is 0 Å². The highest BCUT2D eigenvalue weighted by Gasteiger charge is 2.74. The minimum absolute atomic E-state index is 0.0134. The van der Waals surface area contributed by atoms with Crippen LogP contribution in [0.4, 0.5) is 4.39 Å². The summed E-state index contributed by atoms with van der Waals surface area (Å²) < 4.78 is 32.8. The third kappa shape index (κ3) is 5.18. The fourth-order valence-corrected chi connectivity index (χ4v) is 12.0. The number of carboxylic acid groups (broad SMARTS) is 1. The van der Waals surface area contributed by atoms with E-state index in [2.05, 4.69) is 41.5 Å². The molecule has 3 N–H and O–H groups in total.